The van der Waals surface area contributed by atoms with Crippen LogP contribution in [0.3, 0.4) is 0 Å². The lowest BCUT2D eigenvalue weighted by molar-refractivity contribution is 0.412. The van der Waals surface area contributed by atoms with E-state index >= 15 is 0 Å². The second-order valence-corrected chi connectivity index (χ2v) is 9.02. The maximum Gasteiger partial charge on any atom is 0.246 e. The summed E-state index contributed by atoms with van der Waals surface area (Å²) in [6.45, 7) is 1.64. The topological polar surface area (TPSA) is 71.5 Å². The molecule has 0 heterocycles. The highest BCUT2D eigenvalue weighted by atomic mass is 79.9. The number of sulfone groups is 1. The average molecular weight is 388 g/mol. The largest absolute Gasteiger partial charge is 0.246 e. The van der Waals surface area contributed by atoms with Crippen LogP contribution in [0.5, 0.6) is 0 Å². The number of hydrogen-bond donors (Lipinski definition) is 0. The smallest absolute Gasteiger partial charge is 0.224 e. The Bertz CT molecular complexity index is 703. The second kappa shape index (κ2) is 6.08. The van der Waals surface area contributed by atoms with E-state index in [1.165, 1.54) is 7.05 Å². The molecule has 0 aliphatic rings. The lowest BCUT2D eigenvalue weighted by Crippen LogP contribution is -2.36. The first-order chi connectivity index (χ1) is 9.01. The normalized spacial score (nSPS) is 14.5. The van der Waals surface area contributed by atoms with Crippen molar-refractivity contribution in [1.82, 2.24) is 4.31 Å². The predicted octanol–water partition coefficient (Wildman–Crippen LogP) is 1.63. The molecule has 0 bridgehead atoms. The molecule has 0 saturated carbocycles. The summed E-state index contributed by atoms with van der Waals surface area (Å²) in [6, 6.07) is 2.33. The van der Waals surface area contributed by atoms with Crippen LogP contribution in [0.1, 0.15) is 6.92 Å². The fourth-order valence-corrected chi connectivity index (χ4v) is 4.20. The number of benzene rings is 1. The van der Waals surface area contributed by atoms with Crippen LogP contribution >= 0.6 is 15.9 Å². The molecule has 0 fully saturated rings. The van der Waals surface area contributed by atoms with Gasteiger partial charge >= 0.3 is 0 Å². The minimum atomic E-state index is -4.10. The summed E-state index contributed by atoms with van der Waals surface area (Å²) in [6.07, 6.45) is 0.932. The van der Waals surface area contributed by atoms with Crippen molar-refractivity contribution in [2.75, 3.05) is 18.6 Å². The summed E-state index contributed by atoms with van der Waals surface area (Å²) in [5, 5.41) is 0.371. The lowest BCUT2D eigenvalue weighted by atomic mass is 10.3. The average Bonchev–Trinajstić information content (AvgIpc) is 2.35. The molecular formula is C11H15BrFNO4S2. The highest BCUT2D eigenvalue weighted by Crippen LogP contribution is 2.23. The Hall–Kier alpha value is -0.510. The molecule has 0 aliphatic heterocycles. The Morgan fingerprint density at radius 1 is 1.30 bits per heavy atom. The van der Waals surface area contributed by atoms with E-state index in [9.17, 15) is 21.2 Å². The van der Waals surface area contributed by atoms with Gasteiger partial charge in [-0.05, 0) is 25.1 Å². The molecule has 20 heavy (non-hydrogen) atoms. The van der Waals surface area contributed by atoms with Gasteiger partial charge in [-0.15, -0.1) is 0 Å². The van der Waals surface area contributed by atoms with E-state index < -0.39 is 36.6 Å². The molecule has 5 nitrogen and oxygen atoms in total. The maximum atomic E-state index is 13.8. The number of rotatable bonds is 5. The van der Waals surface area contributed by atoms with Gasteiger partial charge in [0.05, 0.1) is 4.90 Å². The third-order valence-electron chi connectivity index (χ3n) is 2.83. The van der Waals surface area contributed by atoms with E-state index in [4.69, 9.17) is 0 Å². The van der Waals surface area contributed by atoms with Crippen LogP contribution in [0.15, 0.2) is 28.0 Å². The van der Waals surface area contributed by atoms with Crippen molar-refractivity contribution in [3.8, 4) is 0 Å². The van der Waals surface area contributed by atoms with E-state index in [0.29, 0.717) is 5.33 Å². The molecule has 1 atom stereocenters. The van der Waals surface area contributed by atoms with Gasteiger partial charge < -0.3 is 0 Å². The number of nitrogens with zero attached hydrogens (tertiary/aromatic N) is 1. The SMILES string of the molecule is CC(CBr)N(C)S(=O)(=O)c1cc(S(C)(=O)=O)ccc1F. The van der Waals surface area contributed by atoms with Gasteiger partial charge in [-0.1, -0.05) is 15.9 Å². The van der Waals surface area contributed by atoms with Gasteiger partial charge in [0.25, 0.3) is 0 Å². The molecule has 0 N–H and O–H groups in total. The molecule has 1 rings (SSSR count). The molecule has 9 heteroatoms. The van der Waals surface area contributed by atoms with Crippen molar-refractivity contribution in [3.05, 3.63) is 24.0 Å². The minimum absolute atomic E-state index is 0.239. The first-order valence-electron chi connectivity index (χ1n) is 5.55. The minimum Gasteiger partial charge on any atom is -0.224 e. The van der Waals surface area contributed by atoms with Crippen molar-refractivity contribution in [2.45, 2.75) is 22.8 Å². The van der Waals surface area contributed by atoms with Gasteiger partial charge in [0.2, 0.25) is 10.0 Å². The summed E-state index contributed by atoms with van der Waals surface area (Å²) >= 11 is 3.15. The second-order valence-electron chi connectivity index (χ2n) is 4.39. The molecule has 1 aromatic carbocycles. The Morgan fingerprint density at radius 3 is 2.30 bits per heavy atom. The van der Waals surface area contributed by atoms with Crippen molar-refractivity contribution in [1.29, 1.82) is 0 Å². The van der Waals surface area contributed by atoms with Gasteiger partial charge in [-0.3, -0.25) is 0 Å². The van der Waals surface area contributed by atoms with Gasteiger partial charge in [-0.2, -0.15) is 4.31 Å². The van der Waals surface area contributed by atoms with E-state index in [-0.39, 0.29) is 4.90 Å². The van der Waals surface area contributed by atoms with E-state index in [2.05, 4.69) is 15.9 Å². The number of sulfonamides is 1. The molecule has 0 saturated heterocycles. The lowest BCUT2D eigenvalue weighted by Gasteiger charge is -2.23. The van der Waals surface area contributed by atoms with Crippen LogP contribution < -0.4 is 0 Å². The van der Waals surface area contributed by atoms with Crippen molar-refractivity contribution in [2.24, 2.45) is 0 Å². The summed E-state index contributed by atoms with van der Waals surface area (Å²) in [5.74, 6) is -0.981. The summed E-state index contributed by atoms with van der Waals surface area (Å²) in [4.78, 5) is -0.881. The summed E-state index contributed by atoms with van der Waals surface area (Å²) in [7, 11) is -6.40. The van der Waals surface area contributed by atoms with Gasteiger partial charge in [0.15, 0.2) is 9.84 Å². The van der Waals surface area contributed by atoms with Crippen molar-refractivity contribution >= 4 is 35.8 Å². The Labute approximate surface area is 126 Å². The van der Waals surface area contributed by atoms with E-state index in [1.54, 1.807) is 6.92 Å². The Balaban J connectivity index is 3.46. The van der Waals surface area contributed by atoms with E-state index in [1.807, 2.05) is 0 Å². The molecule has 0 amide bonds. The van der Waals surface area contributed by atoms with Crippen LogP contribution in [-0.4, -0.2) is 45.8 Å². The van der Waals surface area contributed by atoms with Gasteiger partial charge in [0, 0.05) is 24.7 Å². The molecule has 0 aliphatic carbocycles. The Morgan fingerprint density at radius 2 is 1.85 bits per heavy atom. The first-order valence-corrected chi connectivity index (χ1v) is 10.0. The Kier molecular flexibility index (Phi) is 5.34. The van der Waals surface area contributed by atoms with Gasteiger partial charge in [0.1, 0.15) is 10.7 Å². The zero-order valence-electron chi connectivity index (χ0n) is 11.2. The highest BCUT2D eigenvalue weighted by molar-refractivity contribution is 9.09. The standard InChI is InChI=1S/C11H15BrFNO4S2/c1-8(7-12)14(2)20(17,18)11-6-9(19(3,15)16)4-5-10(11)13/h4-6,8H,7H2,1-3H3. The quantitative estimate of drug-likeness (QED) is 0.568. The van der Waals surface area contributed by atoms with Crippen molar-refractivity contribution < 1.29 is 21.2 Å². The van der Waals surface area contributed by atoms with Crippen LogP contribution in [0.25, 0.3) is 0 Å². The highest BCUT2D eigenvalue weighted by Gasteiger charge is 2.28. The fraction of sp³-hybridized carbons (Fsp3) is 0.455. The van der Waals surface area contributed by atoms with E-state index in [0.717, 1.165) is 28.8 Å². The van der Waals surface area contributed by atoms with Crippen LogP contribution in [0.2, 0.25) is 0 Å². The molecule has 0 radical (unpaired) electrons. The first kappa shape index (κ1) is 17.5. The molecule has 0 spiro atoms. The number of halogens is 2. The summed E-state index contributed by atoms with van der Waals surface area (Å²) < 4.78 is 62.3. The van der Waals surface area contributed by atoms with Crippen LogP contribution in [0, 0.1) is 5.82 Å². The molecule has 1 unspecified atom stereocenters. The number of alkyl halides is 1. The van der Waals surface area contributed by atoms with Crippen molar-refractivity contribution in [3.63, 3.8) is 0 Å². The third-order valence-corrected chi connectivity index (χ3v) is 6.87. The predicted molar refractivity (Wildman–Crippen MR) is 77.7 cm³/mol. The third kappa shape index (κ3) is 3.57. The number of hydrogen-bond acceptors (Lipinski definition) is 4. The molecule has 114 valence electrons. The zero-order valence-corrected chi connectivity index (χ0v) is 14.4. The molecular weight excluding hydrogens is 373 g/mol. The molecule has 1 aromatic rings. The monoisotopic (exact) mass is 387 g/mol. The zero-order chi connectivity index (χ0) is 15.7. The van der Waals surface area contributed by atoms with Gasteiger partial charge in [-0.25, -0.2) is 21.2 Å². The fourth-order valence-electron chi connectivity index (χ4n) is 1.40. The summed E-state index contributed by atoms with van der Waals surface area (Å²) in [5.41, 5.74) is 0. The van der Waals surface area contributed by atoms with Crippen LogP contribution in [0.4, 0.5) is 4.39 Å². The molecule has 0 aromatic heterocycles. The van der Waals surface area contributed by atoms with Crippen LogP contribution in [-0.2, 0) is 19.9 Å². The maximum absolute atomic E-state index is 13.8.